The van der Waals surface area contributed by atoms with Gasteiger partial charge in [-0.05, 0) is 52.3 Å². The summed E-state index contributed by atoms with van der Waals surface area (Å²) in [6.45, 7) is 0. The van der Waals surface area contributed by atoms with Crippen LogP contribution in [0, 0.1) is 5.82 Å². The van der Waals surface area contributed by atoms with Gasteiger partial charge in [0.25, 0.3) is 5.91 Å². The predicted molar refractivity (Wildman–Crippen MR) is 77.9 cm³/mol. The average Bonchev–Trinajstić information content (AvgIpc) is 2.37. The molecule has 0 aromatic heterocycles. The van der Waals surface area contributed by atoms with Crippen LogP contribution in [0.3, 0.4) is 0 Å². The standard InChI is InChI=1S/C13H9BrClFN2O/c14-9-3-2-8(6-10(9)15)18-13(19)7-1-4-12(17)11(16)5-7/h1-6H,17H2,(H,18,19). The highest BCUT2D eigenvalue weighted by Crippen LogP contribution is 2.25. The smallest absolute Gasteiger partial charge is 0.255 e. The number of halogens is 3. The topological polar surface area (TPSA) is 55.1 Å². The molecule has 3 nitrogen and oxygen atoms in total. The van der Waals surface area contributed by atoms with E-state index in [4.69, 9.17) is 17.3 Å². The molecule has 2 aromatic carbocycles. The third-order valence-electron chi connectivity index (χ3n) is 2.44. The molecule has 6 heteroatoms. The molecule has 0 unspecified atom stereocenters. The normalized spacial score (nSPS) is 10.3. The second-order valence-corrected chi connectivity index (χ2v) is 5.08. The zero-order chi connectivity index (χ0) is 14.0. The summed E-state index contributed by atoms with van der Waals surface area (Å²) < 4.78 is 14.0. The molecule has 0 aliphatic carbocycles. The lowest BCUT2D eigenvalue weighted by Gasteiger charge is -2.07. The largest absolute Gasteiger partial charge is 0.396 e. The van der Waals surface area contributed by atoms with Gasteiger partial charge < -0.3 is 11.1 Å². The zero-order valence-corrected chi connectivity index (χ0v) is 11.9. The minimum absolute atomic E-state index is 0.00300. The highest BCUT2D eigenvalue weighted by molar-refractivity contribution is 9.10. The third kappa shape index (κ3) is 3.24. The van der Waals surface area contributed by atoms with Crippen LogP contribution in [0.1, 0.15) is 10.4 Å². The molecule has 0 atom stereocenters. The summed E-state index contributed by atoms with van der Waals surface area (Å²) in [7, 11) is 0. The van der Waals surface area contributed by atoms with Crippen molar-refractivity contribution in [1.82, 2.24) is 0 Å². The third-order valence-corrected chi connectivity index (χ3v) is 3.67. The Morgan fingerprint density at radius 1 is 1.26 bits per heavy atom. The molecule has 2 rings (SSSR count). The van der Waals surface area contributed by atoms with E-state index in [1.165, 1.54) is 12.1 Å². The lowest BCUT2D eigenvalue weighted by atomic mass is 10.2. The predicted octanol–water partition coefficient (Wildman–Crippen LogP) is 4.08. The van der Waals surface area contributed by atoms with Crippen LogP contribution in [0.4, 0.5) is 15.8 Å². The van der Waals surface area contributed by atoms with E-state index in [9.17, 15) is 9.18 Å². The molecule has 0 radical (unpaired) electrons. The van der Waals surface area contributed by atoms with Crippen molar-refractivity contribution in [3.63, 3.8) is 0 Å². The van der Waals surface area contributed by atoms with E-state index in [1.807, 2.05) is 0 Å². The van der Waals surface area contributed by atoms with Crippen molar-refractivity contribution in [2.45, 2.75) is 0 Å². The van der Waals surface area contributed by atoms with Crippen LogP contribution in [0.25, 0.3) is 0 Å². The summed E-state index contributed by atoms with van der Waals surface area (Å²) in [6.07, 6.45) is 0. The summed E-state index contributed by atoms with van der Waals surface area (Å²) in [5.41, 5.74) is 6.06. The van der Waals surface area contributed by atoms with Crippen LogP contribution >= 0.6 is 27.5 Å². The average molecular weight is 344 g/mol. The molecule has 0 aliphatic rings. The second-order valence-electron chi connectivity index (χ2n) is 3.82. The number of hydrogen-bond donors (Lipinski definition) is 2. The number of anilines is 2. The van der Waals surface area contributed by atoms with Crippen LogP contribution < -0.4 is 11.1 Å². The van der Waals surface area contributed by atoms with Crippen molar-refractivity contribution in [3.8, 4) is 0 Å². The van der Waals surface area contributed by atoms with E-state index < -0.39 is 11.7 Å². The lowest BCUT2D eigenvalue weighted by molar-refractivity contribution is 0.102. The van der Waals surface area contributed by atoms with Gasteiger partial charge in [-0.15, -0.1) is 0 Å². The minimum atomic E-state index is -0.624. The summed E-state index contributed by atoms with van der Waals surface area (Å²) in [4.78, 5) is 11.9. The lowest BCUT2D eigenvalue weighted by Crippen LogP contribution is -2.12. The first kappa shape index (κ1) is 13.8. The maximum Gasteiger partial charge on any atom is 0.255 e. The fraction of sp³-hybridized carbons (Fsp3) is 0. The van der Waals surface area contributed by atoms with E-state index in [1.54, 1.807) is 18.2 Å². The number of hydrogen-bond acceptors (Lipinski definition) is 2. The first-order valence-electron chi connectivity index (χ1n) is 5.29. The van der Waals surface area contributed by atoms with Crippen LogP contribution in [-0.4, -0.2) is 5.91 Å². The highest BCUT2D eigenvalue weighted by atomic mass is 79.9. The van der Waals surface area contributed by atoms with Crippen molar-refractivity contribution in [3.05, 3.63) is 57.3 Å². The quantitative estimate of drug-likeness (QED) is 0.807. The number of carbonyl (C=O) groups is 1. The monoisotopic (exact) mass is 342 g/mol. The minimum Gasteiger partial charge on any atom is -0.396 e. The van der Waals surface area contributed by atoms with Gasteiger partial charge in [-0.3, -0.25) is 4.79 Å². The van der Waals surface area contributed by atoms with E-state index in [-0.39, 0.29) is 11.3 Å². The molecule has 0 spiro atoms. The summed E-state index contributed by atoms with van der Waals surface area (Å²) in [5.74, 6) is -1.06. The molecule has 0 aliphatic heterocycles. The summed E-state index contributed by atoms with van der Waals surface area (Å²) >= 11 is 9.16. The second kappa shape index (κ2) is 5.59. The van der Waals surface area contributed by atoms with E-state index in [0.717, 1.165) is 10.5 Å². The van der Waals surface area contributed by atoms with Gasteiger partial charge in [0.15, 0.2) is 0 Å². The number of nitrogen functional groups attached to an aromatic ring is 1. The van der Waals surface area contributed by atoms with E-state index in [2.05, 4.69) is 21.2 Å². The zero-order valence-electron chi connectivity index (χ0n) is 9.58. The first-order chi connectivity index (χ1) is 8.97. The van der Waals surface area contributed by atoms with Gasteiger partial charge in [-0.1, -0.05) is 11.6 Å². The van der Waals surface area contributed by atoms with Gasteiger partial charge in [-0.25, -0.2) is 4.39 Å². The fourth-order valence-electron chi connectivity index (χ4n) is 1.45. The van der Waals surface area contributed by atoms with Crippen molar-refractivity contribution in [2.24, 2.45) is 0 Å². The number of rotatable bonds is 2. The van der Waals surface area contributed by atoms with Gasteiger partial charge in [0, 0.05) is 15.7 Å². The Balaban J connectivity index is 2.20. The molecule has 0 bridgehead atoms. The Morgan fingerprint density at radius 3 is 2.63 bits per heavy atom. The van der Waals surface area contributed by atoms with Crippen LogP contribution in [0.15, 0.2) is 40.9 Å². The molecule has 3 N–H and O–H groups in total. The number of nitrogens with two attached hydrogens (primary N) is 1. The van der Waals surface area contributed by atoms with Crippen LogP contribution in [-0.2, 0) is 0 Å². The molecule has 0 heterocycles. The number of carbonyl (C=O) groups excluding carboxylic acids is 1. The van der Waals surface area contributed by atoms with E-state index in [0.29, 0.717) is 10.7 Å². The molecule has 0 fully saturated rings. The van der Waals surface area contributed by atoms with Crippen LogP contribution in [0.5, 0.6) is 0 Å². The fourth-order valence-corrected chi connectivity index (χ4v) is 1.87. The summed E-state index contributed by atoms with van der Waals surface area (Å²) in [5, 5.41) is 3.09. The Bertz CT molecular complexity index is 649. The molecule has 98 valence electrons. The number of benzene rings is 2. The number of amides is 1. The first-order valence-corrected chi connectivity index (χ1v) is 6.46. The molecule has 0 saturated heterocycles. The Morgan fingerprint density at radius 2 is 2.00 bits per heavy atom. The summed E-state index contributed by atoms with van der Waals surface area (Å²) in [6, 6.07) is 8.87. The Kier molecular flexibility index (Phi) is 4.07. The highest BCUT2D eigenvalue weighted by Gasteiger charge is 2.09. The van der Waals surface area contributed by atoms with Crippen LogP contribution in [0.2, 0.25) is 5.02 Å². The molecule has 19 heavy (non-hydrogen) atoms. The van der Waals surface area contributed by atoms with Gasteiger partial charge in [0.1, 0.15) is 5.82 Å². The van der Waals surface area contributed by atoms with Gasteiger partial charge in [0.05, 0.1) is 10.7 Å². The molecular weight excluding hydrogens is 335 g/mol. The maximum atomic E-state index is 13.3. The van der Waals surface area contributed by atoms with Crippen molar-refractivity contribution in [2.75, 3.05) is 11.1 Å². The van der Waals surface area contributed by atoms with Gasteiger partial charge >= 0.3 is 0 Å². The molecule has 2 aromatic rings. The van der Waals surface area contributed by atoms with Crippen molar-refractivity contribution >= 4 is 44.8 Å². The molecule has 1 amide bonds. The van der Waals surface area contributed by atoms with Crippen molar-refractivity contribution < 1.29 is 9.18 Å². The van der Waals surface area contributed by atoms with Crippen molar-refractivity contribution in [1.29, 1.82) is 0 Å². The van der Waals surface area contributed by atoms with Gasteiger partial charge in [0.2, 0.25) is 0 Å². The van der Waals surface area contributed by atoms with Gasteiger partial charge in [-0.2, -0.15) is 0 Å². The number of nitrogens with one attached hydrogen (secondary N) is 1. The van der Waals surface area contributed by atoms with E-state index >= 15 is 0 Å². The molecule has 0 saturated carbocycles. The Hall–Kier alpha value is -1.59. The molecular formula is C13H9BrClFN2O. The maximum absolute atomic E-state index is 13.3. The SMILES string of the molecule is Nc1ccc(C(=O)Nc2ccc(Br)c(Cl)c2)cc1F. The Labute approximate surface area is 122 Å².